The van der Waals surface area contributed by atoms with Crippen LogP contribution in [0.4, 0.5) is 0 Å². The van der Waals surface area contributed by atoms with Crippen LogP contribution in [0.3, 0.4) is 0 Å². The van der Waals surface area contributed by atoms with Crippen molar-refractivity contribution in [1.82, 2.24) is 19.8 Å². The molecule has 0 fully saturated rings. The second-order valence-corrected chi connectivity index (χ2v) is 7.46. The van der Waals surface area contributed by atoms with Gasteiger partial charge in [-0.1, -0.05) is 42.4 Å². The lowest BCUT2D eigenvalue weighted by atomic mass is 10.2. The molecular formula is C17H20N4O3S. The molecule has 0 saturated heterocycles. The highest BCUT2D eigenvalue weighted by Gasteiger charge is 2.28. The molecule has 0 radical (unpaired) electrons. The van der Waals surface area contributed by atoms with Crippen LogP contribution in [0.25, 0.3) is 11.5 Å². The summed E-state index contributed by atoms with van der Waals surface area (Å²) in [6.07, 6.45) is 0.611. The van der Waals surface area contributed by atoms with Gasteiger partial charge in [-0.15, -0.1) is 0 Å². The van der Waals surface area contributed by atoms with Gasteiger partial charge in [0.15, 0.2) is 5.82 Å². The van der Waals surface area contributed by atoms with Gasteiger partial charge in [0.05, 0.1) is 5.56 Å². The summed E-state index contributed by atoms with van der Waals surface area (Å²) in [6, 6.07) is 9.35. The van der Waals surface area contributed by atoms with Crippen LogP contribution in [0, 0.1) is 13.8 Å². The molecule has 0 aliphatic carbocycles. The van der Waals surface area contributed by atoms with Crippen molar-refractivity contribution in [2.24, 2.45) is 0 Å². The number of benzene rings is 1. The van der Waals surface area contributed by atoms with Crippen molar-refractivity contribution in [3.05, 3.63) is 53.1 Å². The highest BCUT2D eigenvalue weighted by molar-refractivity contribution is 7.89. The standard InChI is InChI=1S/C17H20N4O3S/c1-4-14-20-17(24-21-14)15-11(2)19-12(3)16(15)25(22,23)18-10-13-8-6-5-7-9-13/h5-9,18-19H,4,10H2,1-3H3. The summed E-state index contributed by atoms with van der Waals surface area (Å²) in [5.41, 5.74) is 2.50. The molecule has 3 rings (SSSR count). The average Bonchev–Trinajstić information content (AvgIpc) is 3.17. The van der Waals surface area contributed by atoms with E-state index in [1.807, 2.05) is 37.3 Å². The molecule has 0 atom stereocenters. The van der Waals surface area contributed by atoms with Gasteiger partial charge in [-0.3, -0.25) is 0 Å². The molecule has 3 aromatic rings. The molecule has 0 bridgehead atoms. The molecule has 0 amide bonds. The molecule has 132 valence electrons. The molecule has 1 aromatic carbocycles. The molecule has 7 nitrogen and oxygen atoms in total. The van der Waals surface area contributed by atoms with Gasteiger partial charge in [0.25, 0.3) is 5.89 Å². The maximum Gasteiger partial charge on any atom is 0.261 e. The van der Waals surface area contributed by atoms with E-state index in [0.717, 1.165) is 5.56 Å². The number of aromatic amines is 1. The van der Waals surface area contributed by atoms with E-state index >= 15 is 0 Å². The summed E-state index contributed by atoms with van der Waals surface area (Å²) in [4.78, 5) is 7.48. The number of nitrogens with one attached hydrogen (secondary N) is 2. The van der Waals surface area contributed by atoms with Gasteiger partial charge in [-0.05, 0) is 19.4 Å². The van der Waals surface area contributed by atoms with E-state index in [4.69, 9.17) is 4.52 Å². The third-order valence-electron chi connectivity index (χ3n) is 3.89. The molecule has 2 aromatic heterocycles. The van der Waals surface area contributed by atoms with Crippen molar-refractivity contribution in [3.8, 4) is 11.5 Å². The minimum Gasteiger partial charge on any atom is -0.361 e. The van der Waals surface area contributed by atoms with Crippen LogP contribution in [-0.2, 0) is 23.0 Å². The van der Waals surface area contributed by atoms with Gasteiger partial charge in [-0.2, -0.15) is 4.98 Å². The Morgan fingerprint density at radius 3 is 2.52 bits per heavy atom. The lowest BCUT2D eigenvalue weighted by Gasteiger charge is -2.08. The fourth-order valence-corrected chi connectivity index (χ4v) is 4.16. The summed E-state index contributed by atoms with van der Waals surface area (Å²) < 4.78 is 33.7. The number of aryl methyl sites for hydroxylation is 3. The van der Waals surface area contributed by atoms with E-state index in [0.29, 0.717) is 29.2 Å². The van der Waals surface area contributed by atoms with E-state index in [2.05, 4.69) is 19.8 Å². The Balaban J connectivity index is 1.98. The van der Waals surface area contributed by atoms with Crippen molar-refractivity contribution < 1.29 is 12.9 Å². The van der Waals surface area contributed by atoms with Crippen LogP contribution in [0.15, 0.2) is 39.8 Å². The first-order valence-corrected chi connectivity index (χ1v) is 9.46. The van der Waals surface area contributed by atoms with Crippen LogP contribution < -0.4 is 4.72 Å². The van der Waals surface area contributed by atoms with E-state index in [9.17, 15) is 8.42 Å². The Morgan fingerprint density at radius 1 is 1.16 bits per heavy atom. The van der Waals surface area contributed by atoms with Gasteiger partial charge in [0, 0.05) is 24.4 Å². The molecule has 2 heterocycles. The summed E-state index contributed by atoms with van der Waals surface area (Å²) in [5, 5.41) is 3.86. The van der Waals surface area contributed by atoms with Gasteiger partial charge in [0.2, 0.25) is 10.0 Å². The Morgan fingerprint density at radius 2 is 1.88 bits per heavy atom. The highest BCUT2D eigenvalue weighted by atomic mass is 32.2. The van der Waals surface area contributed by atoms with Crippen LogP contribution in [0.5, 0.6) is 0 Å². The predicted octanol–water partition coefficient (Wildman–Crippen LogP) is 2.72. The second kappa shape index (κ2) is 6.81. The quantitative estimate of drug-likeness (QED) is 0.704. The first-order valence-electron chi connectivity index (χ1n) is 7.98. The first kappa shape index (κ1) is 17.4. The Kier molecular flexibility index (Phi) is 4.73. The van der Waals surface area contributed by atoms with E-state index in [1.165, 1.54) is 0 Å². The van der Waals surface area contributed by atoms with Crippen LogP contribution >= 0.6 is 0 Å². The van der Waals surface area contributed by atoms with Gasteiger partial charge < -0.3 is 9.51 Å². The minimum atomic E-state index is -3.75. The number of rotatable bonds is 6. The topological polar surface area (TPSA) is 101 Å². The lowest BCUT2D eigenvalue weighted by Crippen LogP contribution is -2.24. The van der Waals surface area contributed by atoms with Crippen molar-refractivity contribution in [3.63, 3.8) is 0 Å². The smallest absolute Gasteiger partial charge is 0.261 e. The number of hydrogen-bond donors (Lipinski definition) is 2. The molecule has 8 heteroatoms. The van der Waals surface area contributed by atoms with Crippen molar-refractivity contribution in [2.45, 2.75) is 38.6 Å². The SMILES string of the molecule is CCc1noc(-c2c(C)[nH]c(C)c2S(=O)(=O)NCc2ccccc2)n1. The summed E-state index contributed by atoms with van der Waals surface area (Å²) in [5.74, 6) is 0.743. The number of hydrogen-bond acceptors (Lipinski definition) is 5. The zero-order valence-electron chi connectivity index (χ0n) is 14.3. The number of sulfonamides is 1. The van der Waals surface area contributed by atoms with E-state index in [1.54, 1.807) is 13.8 Å². The maximum absolute atomic E-state index is 12.9. The van der Waals surface area contributed by atoms with Gasteiger partial charge >= 0.3 is 0 Å². The third kappa shape index (κ3) is 3.49. The Hall–Kier alpha value is -2.45. The summed E-state index contributed by atoms with van der Waals surface area (Å²) >= 11 is 0. The minimum absolute atomic E-state index is 0.146. The van der Waals surface area contributed by atoms with Crippen molar-refractivity contribution in [2.75, 3.05) is 0 Å². The van der Waals surface area contributed by atoms with E-state index < -0.39 is 10.0 Å². The molecule has 2 N–H and O–H groups in total. The monoisotopic (exact) mass is 360 g/mol. The molecule has 0 spiro atoms. The van der Waals surface area contributed by atoms with Gasteiger partial charge in [-0.25, -0.2) is 13.1 Å². The average molecular weight is 360 g/mol. The summed E-state index contributed by atoms with van der Waals surface area (Å²) in [6.45, 7) is 5.61. The fourth-order valence-electron chi connectivity index (χ4n) is 2.70. The van der Waals surface area contributed by atoms with Gasteiger partial charge in [0.1, 0.15) is 4.90 Å². The Labute approximate surface area is 146 Å². The van der Waals surface area contributed by atoms with E-state index in [-0.39, 0.29) is 17.3 Å². The predicted molar refractivity (Wildman–Crippen MR) is 93.4 cm³/mol. The van der Waals surface area contributed by atoms with Crippen LogP contribution in [-0.4, -0.2) is 23.5 Å². The highest BCUT2D eigenvalue weighted by Crippen LogP contribution is 2.32. The molecular weight excluding hydrogens is 340 g/mol. The largest absolute Gasteiger partial charge is 0.361 e. The summed E-state index contributed by atoms with van der Waals surface area (Å²) in [7, 11) is -3.75. The maximum atomic E-state index is 12.9. The van der Waals surface area contributed by atoms with Crippen LogP contribution in [0.1, 0.15) is 29.7 Å². The Bertz CT molecular complexity index is 975. The zero-order valence-corrected chi connectivity index (χ0v) is 15.1. The normalized spacial score (nSPS) is 11.8. The fraction of sp³-hybridized carbons (Fsp3) is 0.294. The molecule has 0 aliphatic rings. The molecule has 0 unspecified atom stereocenters. The van der Waals surface area contributed by atoms with Crippen molar-refractivity contribution in [1.29, 1.82) is 0 Å². The molecule has 0 aliphatic heterocycles. The third-order valence-corrected chi connectivity index (χ3v) is 5.47. The first-order chi connectivity index (χ1) is 11.9. The number of nitrogens with zero attached hydrogens (tertiary/aromatic N) is 2. The molecule has 25 heavy (non-hydrogen) atoms. The number of aromatic nitrogens is 3. The second-order valence-electron chi connectivity index (χ2n) is 5.76. The lowest BCUT2D eigenvalue weighted by molar-refractivity contribution is 0.422. The van der Waals surface area contributed by atoms with Crippen LogP contribution in [0.2, 0.25) is 0 Å². The zero-order chi connectivity index (χ0) is 18.0. The van der Waals surface area contributed by atoms with Crippen molar-refractivity contribution >= 4 is 10.0 Å². The number of H-pyrrole nitrogens is 1. The molecule has 0 saturated carbocycles.